The number of anilines is 1. The van der Waals surface area contributed by atoms with Crippen molar-refractivity contribution in [2.24, 2.45) is 0 Å². The second kappa shape index (κ2) is 7.08. The zero-order valence-corrected chi connectivity index (χ0v) is 15.4. The lowest BCUT2D eigenvalue weighted by Crippen LogP contribution is -2.10. The topological polar surface area (TPSA) is 93.4 Å². The van der Waals surface area contributed by atoms with Crippen LogP contribution in [0.4, 0.5) is 5.69 Å². The molecule has 0 aliphatic rings. The SMILES string of the molecule is O=C(/C=C/c1c[nH]c2ccccc12)Nc1cnn(Cn2nnc3ccccc32)c1. The minimum Gasteiger partial charge on any atom is -0.361 e. The van der Waals surface area contributed by atoms with Gasteiger partial charge in [0, 0.05) is 23.2 Å². The molecule has 1 amide bonds. The second-order valence-corrected chi connectivity index (χ2v) is 6.60. The van der Waals surface area contributed by atoms with Crippen LogP contribution in [0.1, 0.15) is 5.56 Å². The van der Waals surface area contributed by atoms with Crippen molar-refractivity contribution in [2.45, 2.75) is 6.67 Å². The van der Waals surface area contributed by atoms with E-state index in [0.29, 0.717) is 12.4 Å². The molecule has 3 heterocycles. The lowest BCUT2D eigenvalue weighted by atomic mass is 10.1. The number of rotatable bonds is 5. The van der Waals surface area contributed by atoms with Crippen molar-refractivity contribution < 1.29 is 4.79 Å². The fraction of sp³-hybridized carbons (Fsp3) is 0.0476. The molecule has 0 radical (unpaired) electrons. The fourth-order valence-corrected chi connectivity index (χ4v) is 3.25. The third kappa shape index (κ3) is 3.39. The van der Waals surface area contributed by atoms with E-state index < -0.39 is 0 Å². The van der Waals surface area contributed by atoms with Crippen molar-refractivity contribution in [1.82, 2.24) is 29.8 Å². The number of benzene rings is 2. The van der Waals surface area contributed by atoms with Crippen LogP contribution in [0.3, 0.4) is 0 Å². The Morgan fingerprint density at radius 1 is 1.14 bits per heavy atom. The Balaban J connectivity index is 1.26. The number of fused-ring (bicyclic) bond motifs is 2. The first-order valence-corrected chi connectivity index (χ1v) is 9.12. The van der Waals surface area contributed by atoms with Crippen LogP contribution in [-0.4, -0.2) is 35.7 Å². The molecule has 2 aromatic carbocycles. The normalized spacial score (nSPS) is 11.6. The third-order valence-electron chi connectivity index (χ3n) is 4.64. The molecule has 142 valence electrons. The summed E-state index contributed by atoms with van der Waals surface area (Å²) in [5.74, 6) is -0.221. The molecular weight excluding hydrogens is 366 g/mol. The molecule has 0 aliphatic heterocycles. The first kappa shape index (κ1) is 16.9. The van der Waals surface area contributed by atoms with Gasteiger partial charge in [-0.2, -0.15) is 5.10 Å². The standard InChI is InChI=1S/C21H17N7O/c29-21(10-9-15-11-22-18-6-2-1-5-17(15)18)24-16-12-23-27(13-16)14-28-20-8-4-3-7-19(20)25-26-28/h1-13,22H,14H2,(H,24,29)/b10-9+. The minimum atomic E-state index is -0.221. The summed E-state index contributed by atoms with van der Waals surface area (Å²) in [6.45, 7) is 0.404. The van der Waals surface area contributed by atoms with Crippen LogP contribution in [0, 0.1) is 0 Å². The molecular formula is C21H17N7O. The summed E-state index contributed by atoms with van der Waals surface area (Å²) >= 11 is 0. The highest BCUT2D eigenvalue weighted by Gasteiger charge is 2.06. The molecule has 8 heteroatoms. The van der Waals surface area contributed by atoms with Crippen molar-refractivity contribution in [1.29, 1.82) is 0 Å². The van der Waals surface area contributed by atoms with E-state index in [1.165, 1.54) is 6.08 Å². The predicted octanol–water partition coefficient (Wildman–Crippen LogP) is 3.27. The summed E-state index contributed by atoms with van der Waals surface area (Å²) in [6, 6.07) is 15.7. The first-order valence-electron chi connectivity index (χ1n) is 9.12. The number of hydrogen-bond donors (Lipinski definition) is 2. The highest BCUT2D eigenvalue weighted by Crippen LogP contribution is 2.19. The second-order valence-electron chi connectivity index (χ2n) is 6.60. The number of nitrogens with one attached hydrogen (secondary N) is 2. The Labute approximate surface area is 165 Å². The molecule has 29 heavy (non-hydrogen) atoms. The minimum absolute atomic E-state index is 0.221. The van der Waals surface area contributed by atoms with Gasteiger partial charge in [-0.25, -0.2) is 9.36 Å². The Bertz CT molecular complexity index is 1340. The number of amides is 1. The van der Waals surface area contributed by atoms with E-state index in [1.54, 1.807) is 27.8 Å². The van der Waals surface area contributed by atoms with Gasteiger partial charge in [0.2, 0.25) is 5.91 Å². The molecule has 0 bridgehead atoms. The van der Waals surface area contributed by atoms with E-state index in [1.807, 2.05) is 54.7 Å². The molecule has 2 N–H and O–H groups in total. The monoisotopic (exact) mass is 383 g/mol. The Hall–Kier alpha value is -4.20. The molecule has 5 rings (SSSR count). The maximum atomic E-state index is 12.3. The summed E-state index contributed by atoms with van der Waals surface area (Å²) < 4.78 is 3.45. The zero-order valence-electron chi connectivity index (χ0n) is 15.4. The Morgan fingerprint density at radius 2 is 2.00 bits per heavy atom. The number of aromatic amines is 1. The number of para-hydroxylation sites is 2. The van der Waals surface area contributed by atoms with Gasteiger partial charge in [0.05, 0.1) is 23.6 Å². The van der Waals surface area contributed by atoms with Gasteiger partial charge in [0.1, 0.15) is 12.2 Å². The van der Waals surface area contributed by atoms with Crippen molar-refractivity contribution in [3.8, 4) is 0 Å². The van der Waals surface area contributed by atoms with Crippen molar-refractivity contribution >= 4 is 39.6 Å². The van der Waals surface area contributed by atoms with E-state index in [2.05, 4.69) is 25.7 Å². The average molecular weight is 383 g/mol. The van der Waals surface area contributed by atoms with Crippen LogP contribution in [0.25, 0.3) is 28.0 Å². The Kier molecular flexibility index (Phi) is 4.14. The maximum Gasteiger partial charge on any atom is 0.248 e. The van der Waals surface area contributed by atoms with Gasteiger partial charge >= 0.3 is 0 Å². The highest BCUT2D eigenvalue weighted by atomic mass is 16.1. The average Bonchev–Trinajstić information content (AvgIpc) is 3.46. The van der Waals surface area contributed by atoms with E-state index in [9.17, 15) is 4.79 Å². The summed E-state index contributed by atoms with van der Waals surface area (Å²) in [4.78, 5) is 15.5. The van der Waals surface area contributed by atoms with Gasteiger partial charge in [-0.15, -0.1) is 5.10 Å². The van der Waals surface area contributed by atoms with Gasteiger partial charge in [-0.3, -0.25) is 4.79 Å². The fourth-order valence-electron chi connectivity index (χ4n) is 3.25. The molecule has 0 spiro atoms. The van der Waals surface area contributed by atoms with E-state index >= 15 is 0 Å². The molecule has 0 atom stereocenters. The molecule has 0 unspecified atom stereocenters. The summed E-state index contributed by atoms with van der Waals surface area (Å²) in [5.41, 5.74) is 4.37. The van der Waals surface area contributed by atoms with Gasteiger partial charge in [0.15, 0.2) is 0 Å². The number of nitrogens with zero attached hydrogens (tertiary/aromatic N) is 5. The molecule has 0 fully saturated rings. The number of aromatic nitrogens is 6. The van der Waals surface area contributed by atoms with Gasteiger partial charge in [-0.05, 0) is 29.8 Å². The molecule has 0 saturated carbocycles. The number of H-pyrrole nitrogens is 1. The van der Waals surface area contributed by atoms with Crippen molar-refractivity contribution in [3.05, 3.63) is 78.8 Å². The lowest BCUT2D eigenvalue weighted by Gasteiger charge is -2.02. The lowest BCUT2D eigenvalue weighted by molar-refractivity contribution is -0.111. The maximum absolute atomic E-state index is 12.3. The van der Waals surface area contributed by atoms with Crippen LogP contribution in [0.15, 0.2) is 73.2 Å². The number of carbonyl (C=O) groups is 1. The zero-order chi connectivity index (χ0) is 19.6. The van der Waals surface area contributed by atoms with Crippen LogP contribution >= 0.6 is 0 Å². The van der Waals surface area contributed by atoms with Crippen molar-refractivity contribution in [2.75, 3.05) is 5.32 Å². The summed E-state index contributed by atoms with van der Waals surface area (Å²) in [6.07, 6.45) is 8.55. The van der Waals surface area contributed by atoms with Gasteiger partial charge < -0.3 is 10.3 Å². The molecule has 0 aliphatic carbocycles. The molecule has 3 aromatic heterocycles. The molecule has 5 aromatic rings. The summed E-state index contributed by atoms with van der Waals surface area (Å²) in [5, 5.41) is 16.5. The highest BCUT2D eigenvalue weighted by molar-refractivity contribution is 6.03. The number of carbonyl (C=O) groups excluding carboxylic acids is 1. The van der Waals surface area contributed by atoms with Gasteiger partial charge in [0.25, 0.3) is 0 Å². The molecule has 8 nitrogen and oxygen atoms in total. The van der Waals surface area contributed by atoms with Crippen molar-refractivity contribution in [3.63, 3.8) is 0 Å². The van der Waals surface area contributed by atoms with E-state index in [-0.39, 0.29) is 5.91 Å². The van der Waals surface area contributed by atoms with Crippen LogP contribution in [-0.2, 0) is 11.5 Å². The van der Waals surface area contributed by atoms with Gasteiger partial charge in [-0.1, -0.05) is 35.5 Å². The smallest absolute Gasteiger partial charge is 0.248 e. The van der Waals surface area contributed by atoms with E-state index in [0.717, 1.165) is 27.5 Å². The first-order chi connectivity index (χ1) is 14.3. The third-order valence-corrected chi connectivity index (χ3v) is 4.64. The van der Waals surface area contributed by atoms with Crippen LogP contribution in [0.5, 0.6) is 0 Å². The Morgan fingerprint density at radius 3 is 2.97 bits per heavy atom. The van der Waals surface area contributed by atoms with Crippen LogP contribution < -0.4 is 5.32 Å². The number of hydrogen-bond acceptors (Lipinski definition) is 4. The quantitative estimate of drug-likeness (QED) is 0.456. The van der Waals surface area contributed by atoms with E-state index in [4.69, 9.17) is 0 Å². The molecule has 0 saturated heterocycles. The largest absolute Gasteiger partial charge is 0.361 e. The van der Waals surface area contributed by atoms with Crippen LogP contribution in [0.2, 0.25) is 0 Å². The summed E-state index contributed by atoms with van der Waals surface area (Å²) in [7, 11) is 0. The predicted molar refractivity (Wildman–Crippen MR) is 111 cm³/mol.